The Hall–Kier alpha value is -2.64. The fraction of sp³-hybridized carbons (Fsp3) is 0.176. The lowest BCUT2D eigenvalue weighted by atomic mass is 10.1. The maximum Gasteiger partial charge on any atom is 0.257 e. The molecule has 2 N–H and O–H groups in total. The summed E-state index contributed by atoms with van der Waals surface area (Å²) in [4.78, 5) is 16.3. The standard InChI is InChI=1S/C17H16N2O2/c1-12-8-13(2)10-15(9-12)19-17(21)16-5-6-18-11-14(16)4-3-7-20/h5-6,8-11,20H,7H2,1-2H3,(H,19,21). The molecular weight excluding hydrogens is 264 g/mol. The third-order valence-corrected chi connectivity index (χ3v) is 2.85. The number of anilines is 1. The van der Waals surface area contributed by atoms with Gasteiger partial charge in [-0.05, 0) is 43.2 Å². The van der Waals surface area contributed by atoms with Crippen LogP contribution in [0.4, 0.5) is 5.69 Å². The van der Waals surface area contributed by atoms with Crippen molar-refractivity contribution in [2.75, 3.05) is 11.9 Å². The number of hydrogen-bond acceptors (Lipinski definition) is 3. The van der Waals surface area contributed by atoms with E-state index < -0.39 is 0 Å². The number of carbonyl (C=O) groups is 1. The number of carbonyl (C=O) groups excluding carboxylic acids is 1. The number of nitrogens with one attached hydrogen (secondary N) is 1. The molecule has 0 spiro atoms. The van der Waals surface area contributed by atoms with Gasteiger partial charge in [0.1, 0.15) is 6.61 Å². The first-order valence-corrected chi connectivity index (χ1v) is 6.53. The number of hydrogen-bond donors (Lipinski definition) is 2. The number of aryl methyl sites for hydroxylation is 2. The van der Waals surface area contributed by atoms with Gasteiger partial charge in [0.25, 0.3) is 5.91 Å². The van der Waals surface area contributed by atoms with Crippen molar-refractivity contribution in [2.24, 2.45) is 0 Å². The van der Waals surface area contributed by atoms with Crippen LogP contribution in [0.15, 0.2) is 36.7 Å². The Balaban J connectivity index is 2.28. The first-order valence-electron chi connectivity index (χ1n) is 6.53. The van der Waals surface area contributed by atoms with E-state index in [-0.39, 0.29) is 12.5 Å². The molecule has 1 heterocycles. The van der Waals surface area contributed by atoms with Crippen LogP contribution < -0.4 is 5.32 Å². The normalized spacial score (nSPS) is 9.67. The predicted octanol–water partition coefficient (Wildman–Crippen LogP) is 2.29. The highest BCUT2D eigenvalue weighted by Crippen LogP contribution is 2.16. The van der Waals surface area contributed by atoms with Gasteiger partial charge in [-0.15, -0.1) is 0 Å². The van der Waals surface area contributed by atoms with Crippen molar-refractivity contribution in [2.45, 2.75) is 13.8 Å². The van der Waals surface area contributed by atoms with E-state index in [0.717, 1.165) is 16.8 Å². The average molecular weight is 280 g/mol. The highest BCUT2D eigenvalue weighted by atomic mass is 16.2. The molecule has 0 fully saturated rings. The Bertz CT molecular complexity index is 707. The zero-order valence-electron chi connectivity index (χ0n) is 12.0. The van der Waals surface area contributed by atoms with E-state index in [0.29, 0.717) is 11.1 Å². The quantitative estimate of drug-likeness (QED) is 0.830. The molecule has 4 nitrogen and oxygen atoms in total. The Morgan fingerprint density at radius 1 is 1.29 bits per heavy atom. The molecule has 0 saturated carbocycles. The lowest BCUT2D eigenvalue weighted by Gasteiger charge is -2.08. The van der Waals surface area contributed by atoms with Gasteiger partial charge in [-0.25, -0.2) is 0 Å². The molecule has 2 rings (SSSR count). The van der Waals surface area contributed by atoms with Gasteiger partial charge in [0.15, 0.2) is 0 Å². The number of amides is 1. The third-order valence-electron chi connectivity index (χ3n) is 2.85. The summed E-state index contributed by atoms with van der Waals surface area (Å²) >= 11 is 0. The van der Waals surface area contributed by atoms with E-state index in [1.54, 1.807) is 12.3 Å². The van der Waals surface area contributed by atoms with Crippen molar-refractivity contribution in [1.29, 1.82) is 0 Å². The van der Waals surface area contributed by atoms with Crippen LogP contribution in [0.2, 0.25) is 0 Å². The van der Waals surface area contributed by atoms with Gasteiger partial charge in [-0.2, -0.15) is 0 Å². The first-order chi connectivity index (χ1) is 10.1. The van der Waals surface area contributed by atoms with Crippen molar-refractivity contribution in [3.05, 3.63) is 58.9 Å². The molecule has 0 saturated heterocycles. The molecule has 0 aliphatic rings. The van der Waals surface area contributed by atoms with Crippen LogP contribution in [-0.4, -0.2) is 22.6 Å². The number of rotatable bonds is 2. The second-order valence-corrected chi connectivity index (χ2v) is 4.71. The average Bonchev–Trinajstić information content (AvgIpc) is 2.44. The molecular formula is C17H16N2O2. The van der Waals surface area contributed by atoms with Gasteiger partial charge >= 0.3 is 0 Å². The van der Waals surface area contributed by atoms with Crippen molar-refractivity contribution in [3.63, 3.8) is 0 Å². The predicted molar refractivity (Wildman–Crippen MR) is 82.1 cm³/mol. The van der Waals surface area contributed by atoms with Crippen LogP contribution in [0.25, 0.3) is 0 Å². The Morgan fingerprint density at radius 3 is 2.67 bits per heavy atom. The fourth-order valence-electron chi connectivity index (χ4n) is 2.07. The van der Waals surface area contributed by atoms with Crippen molar-refractivity contribution >= 4 is 11.6 Å². The highest BCUT2D eigenvalue weighted by molar-refractivity contribution is 6.05. The second-order valence-electron chi connectivity index (χ2n) is 4.71. The molecule has 1 aromatic carbocycles. The summed E-state index contributed by atoms with van der Waals surface area (Å²) in [6.07, 6.45) is 3.06. The minimum Gasteiger partial charge on any atom is -0.384 e. The summed E-state index contributed by atoms with van der Waals surface area (Å²) < 4.78 is 0. The van der Waals surface area contributed by atoms with E-state index >= 15 is 0 Å². The van der Waals surface area contributed by atoms with Crippen LogP contribution in [0.5, 0.6) is 0 Å². The van der Waals surface area contributed by atoms with Gasteiger partial charge in [0.2, 0.25) is 0 Å². The second kappa shape index (κ2) is 6.69. The zero-order valence-corrected chi connectivity index (χ0v) is 12.0. The number of pyridine rings is 1. The molecule has 0 aliphatic heterocycles. The minimum atomic E-state index is -0.257. The summed E-state index contributed by atoms with van der Waals surface area (Å²) in [6, 6.07) is 7.47. The van der Waals surface area contributed by atoms with E-state index in [4.69, 9.17) is 5.11 Å². The van der Waals surface area contributed by atoms with Gasteiger partial charge in [0.05, 0.1) is 11.1 Å². The summed E-state index contributed by atoms with van der Waals surface area (Å²) in [5.74, 6) is 5.01. The van der Waals surface area contributed by atoms with E-state index in [1.807, 2.05) is 32.0 Å². The molecule has 0 aliphatic carbocycles. The van der Waals surface area contributed by atoms with Crippen LogP contribution in [0, 0.1) is 25.7 Å². The molecule has 21 heavy (non-hydrogen) atoms. The number of nitrogens with zero attached hydrogens (tertiary/aromatic N) is 1. The van der Waals surface area contributed by atoms with Crippen molar-refractivity contribution < 1.29 is 9.90 Å². The lowest BCUT2D eigenvalue weighted by Crippen LogP contribution is -2.14. The molecule has 0 bridgehead atoms. The number of aliphatic hydroxyl groups is 1. The van der Waals surface area contributed by atoms with Gasteiger partial charge < -0.3 is 10.4 Å². The van der Waals surface area contributed by atoms with Gasteiger partial charge in [0, 0.05) is 18.1 Å². The Labute approximate surface area is 123 Å². The van der Waals surface area contributed by atoms with Gasteiger partial charge in [-0.3, -0.25) is 9.78 Å². The molecule has 2 aromatic rings. The Morgan fingerprint density at radius 2 is 2.00 bits per heavy atom. The number of aromatic nitrogens is 1. The van der Waals surface area contributed by atoms with E-state index in [2.05, 4.69) is 22.1 Å². The third kappa shape index (κ3) is 3.91. The van der Waals surface area contributed by atoms with Crippen LogP contribution in [0.1, 0.15) is 27.0 Å². The van der Waals surface area contributed by atoms with Crippen molar-refractivity contribution in [1.82, 2.24) is 4.98 Å². The lowest BCUT2D eigenvalue weighted by molar-refractivity contribution is 0.102. The van der Waals surface area contributed by atoms with Crippen LogP contribution in [0.3, 0.4) is 0 Å². The molecule has 4 heteroatoms. The molecule has 1 aromatic heterocycles. The smallest absolute Gasteiger partial charge is 0.257 e. The topological polar surface area (TPSA) is 62.2 Å². The summed E-state index contributed by atoms with van der Waals surface area (Å²) in [7, 11) is 0. The summed E-state index contributed by atoms with van der Waals surface area (Å²) in [5.41, 5.74) is 3.84. The van der Waals surface area contributed by atoms with E-state index in [1.165, 1.54) is 6.20 Å². The van der Waals surface area contributed by atoms with E-state index in [9.17, 15) is 4.79 Å². The molecule has 1 amide bonds. The van der Waals surface area contributed by atoms with Gasteiger partial charge in [-0.1, -0.05) is 17.9 Å². The SMILES string of the molecule is Cc1cc(C)cc(NC(=O)c2ccncc2C#CCO)c1. The molecule has 0 unspecified atom stereocenters. The molecule has 0 radical (unpaired) electrons. The monoisotopic (exact) mass is 280 g/mol. The van der Waals surface area contributed by atoms with Crippen molar-refractivity contribution in [3.8, 4) is 11.8 Å². The highest BCUT2D eigenvalue weighted by Gasteiger charge is 2.10. The first kappa shape index (κ1) is 14.8. The van der Waals surface area contributed by atoms with Crippen LogP contribution >= 0.6 is 0 Å². The largest absolute Gasteiger partial charge is 0.384 e. The number of aliphatic hydroxyl groups excluding tert-OH is 1. The maximum atomic E-state index is 12.4. The summed E-state index contributed by atoms with van der Waals surface area (Å²) in [5, 5.41) is 11.6. The minimum absolute atomic E-state index is 0.246. The Kier molecular flexibility index (Phi) is 4.70. The van der Waals surface area contributed by atoms with Crippen LogP contribution in [-0.2, 0) is 0 Å². The zero-order chi connectivity index (χ0) is 15.2. The molecule has 106 valence electrons. The fourth-order valence-corrected chi connectivity index (χ4v) is 2.07. The summed E-state index contributed by atoms with van der Waals surface area (Å²) in [6.45, 7) is 3.70. The molecule has 0 atom stereocenters. The maximum absolute atomic E-state index is 12.4. The number of benzene rings is 1.